The molecule has 0 aliphatic rings. The van der Waals surface area contributed by atoms with Crippen molar-refractivity contribution in [3.8, 4) is 5.69 Å². The fraction of sp³-hybridized carbons (Fsp3) is 0.0909. The summed E-state index contributed by atoms with van der Waals surface area (Å²) in [6.45, 7) is 1.62. The van der Waals surface area contributed by atoms with Crippen LogP contribution in [0.25, 0.3) is 5.69 Å². The van der Waals surface area contributed by atoms with E-state index in [0.717, 1.165) is 4.57 Å². The fourth-order valence-electron chi connectivity index (χ4n) is 1.59. The number of aromatic amines is 1. The minimum Gasteiger partial charge on any atom is -0.388 e. The van der Waals surface area contributed by atoms with Gasteiger partial charge in [0.2, 0.25) is 0 Å². The summed E-state index contributed by atoms with van der Waals surface area (Å²) >= 11 is 10.7. The molecule has 0 unspecified atom stereocenters. The molecule has 0 atom stereocenters. The summed E-state index contributed by atoms with van der Waals surface area (Å²) in [6, 6.07) is 2.71. The van der Waals surface area contributed by atoms with Crippen LogP contribution in [-0.4, -0.2) is 19.5 Å². The molecule has 0 aliphatic heterocycles. The van der Waals surface area contributed by atoms with Gasteiger partial charge in [0.05, 0.1) is 16.9 Å². The number of hydrogen-bond donors (Lipinski definition) is 2. The third-order valence-corrected chi connectivity index (χ3v) is 2.87. The largest absolute Gasteiger partial charge is 0.388 e. The highest BCUT2D eigenvalue weighted by Crippen LogP contribution is 2.16. The first-order valence-electron chi connectivity index (χ1n) is 5.19. The monoisotopic (exact) mass is 296 g/mol. The molecule has 0 saturated carbocycles. The summed E-state index contributed by atoms with van der Waals surface area (Å²) in [5.41, 5.74) is 5.37. The lowest BCUT2D eigenvalue weighted by molar-refractivity contribution is 0.853. The first-order chi connectivity index (χ1) is 8.90. The van der Waals surface area contributed by atoms with Crippen molar-refractivity contribution in [1.29, 1.82) is 0 Å². The summed E-state index contributed by atoms with van der Waals surface area (Å²) in [4.78, 5) is 30.1. The SMILES string of the molecule is Cc1cc(=O)n(-c2cnc(C(N)=S)c(Cl)c2)c(=O)[nH]1. The molecule has 0 spiro atoms. The molecule has 0 bridgehead atoms. The minimum atomic E-state index is -0.564. The molecule has 0 fully saturated rings. The lowest BCUT2D eigenvalue weighted by Gasteiger charge is -2.07. The van der Waals surface area contributed by atoms with Gasteiger partial charge in [0.15, 0.2) is 0 Å². The van der Waals surface area contributed by atoms with Crippen molar-refractivity contribution in [1.82, 2.24) is 14.5 Å². The second kappa shape index (κ2) is 4.94. The van der Waals surface area contributed by atoms with Crippen LogP contribution >= 0.6 is 23.8 Å². The molecular weight excluding hydrogens is 288 g/mol. The third kappa shape index (κ3) is 2.56. The van der Waals surface area contributed by atoms with Crippen molar-refractivity contribution in [2.75, 3.05) is 0 Å². The third-order valence-electron chi connectivity index (χ3n) is 2.39. The molecule has 0 aliphatic carbocycles. The van der Waals surface area contributed by atoms with Crippen molar-refractivity contribution in [3.63, 3.8) is 0 Å². The molecule has 0 aromatic carbocycles. The van der Waals surface area contributed by atoms with E-state index < -0.39 is 11.2 Å². The average molecular weight is 297 g/mol. The van der Waals surface area contributed by atoms with Crippen molar-refractivity contribution in [2.45, 2.75) is 6.92 Å². The van der Waals surface area contributed by atoms with E-state index in [4.69, 9.17) is 29.6 Å². The number of nitrogens with one attached hydrogen (secondary N) is 1. The van der Waals surface area contributed by atoms with Crippen LogP contribution in [0, 0.1) is 6.92 Å². The Morgan fingerprint density at radius 1 is 1.47 bits per heavy atom. The van der Waals surface area contributed by atoms with Crippen molar-refractivity contribution in [3.05, 3.63) is 55.6 Å². The van der Waals surface area contributed by atoms with E-state index in [9.17, 15) is 9.59 Å². The van der Waals surface area contributed by atoms with Crippen molar-refractivity contribution in [2.24, 2.45) is 5.73 Å². The van der Waals surface area contributed by atoms with Crippen molar-refractivity contribution >= 4 is 28.8 Å². The topological polar surface area (TPSA) is 93.8 Å². The Bertz CT molecular complexity index is 750. The highest BCUT2D eigenvalue weighted by Gasteiger charge is 2.10. The number of thiocarbonyl (C=S) groups is 1. The number of aromatic nitrogens is 3. The molecule has 2 rings (SSSR count). The van der Waals surface area contributed by atoms with E-state index in [0.29, 0.717) is 5.69 Å². The zero-order valence-electron chi connectivity index (χ0n) is 9.81. The second-order valence-electron chi connectivity index (χ2n) is 3.82. The Hall–Kier alpha value is -1.99. The van der Waals surface area contributed by atoms with Crippen LogP contribution < -0.4 is 17.0 Å². The van der Waals surface area contributed by atoms with E-state index in [-0.39, 0.29) is 21.4 Å². The van der Waals surface area contributed by atoms with Crippen molar-refractivity contribution < 1.29 is 0 Å². The van der Waals surface area contributed by atoms with E-state index in [1.807, 2.05) is 0 Å². The number of rotatable bonds is 2. The Labute approximate surface area is 117 Å². The van der Waals surface area contributed by atoms with Gasteiger partial charge in [0.25, 0.3) is 5.56 Å². The quantitative estimate of drug-likeness (QED) is 0.788. The number of halogens is 1. The van der Waals surface area contributed by atoms with Crippen LogP contribution in [0.1, 0.15) is 11.4 Å². The lowest BCUT2D eigenvalue weighted by Crippen LogP contribution is -2.33. The van der Waals surface area contributed by atoms with Gasteiger partial charge in [-0.1, -0.05) is 23.8 Å². The van der Waals surface area contributed by atoms with E-state index >= 15 is 0 Å². The van der Waals surface area contributed by atoms with Gasteiger partial charge in [-0.05, 0) is 13.0 Å². The molecule has 3 N–H and O–H groups in total. The highest BCUT2D eigenvalue weighted by molar-refractivity contribution is 7.80. The van der Waals surface area contributed by atoms with Crippen LogP contribution in [-0.2, 0) is 0 Å². The zero-order chi connectivity index (χ0) is 14.2. The first kappa shape index (κ1) is 13.4. The maximum atomic E-state index is 11.8. The number of aryl methyl sites for hydroxylation is 1. The minimum absolute atomic E-state index is 0.0433. The Balaban J connectivity index is 2.68. The standard InChI is InChI=1S/C11H9ClN4O2S/c1-5-2-8(17)16(11(18)15-5)6-3-7(12)9(10(13)19)14-4-6/h2-4H,1H3,(H2,13,19)(H,15,18). The van der Waals surface area contributed by atoms with Gasteiger partial charge in [-0.3, -0.25) is 9.78 Å². The predicted molar refractivity (Wildman–Crippen MR) is 76.1 cm³/mol. The summed E-state index contributed by atoms with van der Waals surface area (Å²) < 4.78 is 0.926. The Morgan fingerprint density at radius 3 is 2.68 bits per heavy atom. The summed E-state index contributed by atoms with van der Waals surface area (Å²) in [5, 5.41) is 0.178. The summed E-state index contributed by atoms with van der Waals surface area (Å²) in [7, 11) is 0. The molecule has 98 valence electrons. The van der Waals surface area contributed by atoms with Gasteiger partial charge < -0.3 is 10.7 Å². The van der Waals surface area contributed by atoms with Gasteiger partial charge >= 0.3 is 5.69 Å². The second-order valence-corrected chi connectivity index (χ2v) is 4.67. The van der Waals surface area contributed by atoms with E-state index in [1.165, 1.54) is 18.3 Å². The lowest BCUT2D eigenvalue weighted by atomic mass is 10.3. The number of hydrogen-bond acceptors (Lipinski definition) is 4. The molecule has 8 heteroatoms. The normalized spacial score (nSPS) is 10.4. The van der Waals surface area contributed by atoms with Crippen LogP contribution in [0.4, 0.5) is 0 Å². The van der Waals surface area contributed by atoms with Gasteiger partial charge in [-0.15, -0.1) is 0 Å². The van der Waals surface area contributed by atoms with Gasteiger partial charge in [0.1, 0.15) is 10.7 Å². The number of H-pyrrole nitrogens is 1. The number of nitrogens with zero attached hydrogens (tertiary/aromatic N) is 2. The predicted octanol–water partition coefficient (Wildman–Crippen LogP) is 0.517. The first-order valence-corrected chi connectivity index (χ1v) is 5.97. The highest BCUT2D eigenvalue weighted by atomic mass is 35.5. The van der Waals surface area contributed by atoms with Crippen LogP contribution in [0.3, 0.4) is 0 Å². The fourth-order valence-corrected chi connectivity index (χ4v) is 2.07. The molecule has 2 aromatic rings. The Kier molecular flexibility index (Phi) is 3.50. The average Bonchev–Trinajstić information content (AvgIpc) is 2.26. The van der Waals surface area contributed by atoms with Gasteiger partial charge in [-0.25, -0.2) is 9.36 Å². The maximum absolute atomic E-state index is 11.8. The van der Waals surface area contributed by atoms with Crippen LogP contribution in [0.2, 0.25) is 5.02 Å². The van der Waals surface area contributed by atoms with Crippen LogP contribution in [0.5, 0.6) is 0 Å². The van der Waals surface area contributed by atoms with E-state index in [2.05, 4.69) is 9.97 Å². The molecule has 0 radical (unpaired) electrons. The molecule has 0 saturated heterocycles. The zero-order valence-corrected chi connectivity index (χ0v) is 11.4. The summed E-state index contributed by atoms with van der Waals surface area (Å²) in [6.07, 6.45) is 1.31. The molecule has 0 amide bonds. The van der Waals surface area contributed by atoms with E-state index in [1.54, 1.807) is 6.92 Å². The van der Waals surface area contributed by atoms with Crippen LogP contribution in [0.15, 0.2) is 27.9 Å². The molecule has 6 nitrogen and oxygen atoms in total. The number of pyridine rings is 1. The maximum Gasteiger partial charge on any atom is 0.333 e. The Morgan fingerprint density at radius 2 is 2.16 bits per heavy atom. The molecule has 2 aromatic heterocycles. The summed E-state index contributed by atoms with van der Waals surface area (Å²) in [5.74, 6) is 0. The molecule has 2 heterocycles. The van der Waals surface area contributed by atoms with Gasteiger partial charge in [-0.2, -0.15) is 0 Å². The van der Waals surface area contributed by atoms with Gasteiger partial charge in [0, 0.05) is 11.8 Å². The molecular formula is C11H9ClN4O2S. The number of nitrogens with two attached hydrogens (primary N) is 1. The smallest absolute Gasteiger partial charge is 0.333 e. The molecule has 19 heavy (non-hydrogen) atoms.